The average molecular weight is 255 g/mol. The molecule has 1 saturated carbocycles. The first-order valence-electron chi connectivity index (χ1n) is 7.34. The topological polar surface area (TPSA) is 38.3 Å². The van der Waals surface area contributed by atoms with Gasteiger partial charge in [0.05, 0.1) is 0 Å². The number of alkyl carbamates (subject to hydrolysis) is 1. The average Bonchev–Trinajstić information content (AvgIpc) is 2.28. The molecular formula is C15H29NO2. The molecule has 18 heavy (non-hydrogen) atoms. The lowest BCUT2D eigenvalue weighted by molar-refractivity contribution is 0.0834. The summed E-state index contributed by atoms with van der Waals surface area (Å²) in [5.74, 6) is 1.33. The third-order valence-corrected chi connectivity index (χ3v) is 4.26. The van der Waals surface area contributed by atoms with Gasteiger partial charge in [0.25, 0.3) is 0 Å². The number of carbonyl (C=O) groups excluding carboxylic acids is 1. The molecule has 0 bridgehead atoms. The van der Waals surface area contributed by atoms with Gasteiger partial charge in [-0.05, 0) is 51.9 Å². The smallest absolute Gasteiger partial charge is 0.407 e. The van der Waals surface area contributed by atoms with Crippen LogP contribution in [0.3, 0.4) is 0 Å². The molecule has 0 aromatic rings. The fraction of sp³-hybridized carbons (Fsp3) is 0.933. The Hall–Kier alpha value is -0.730. The van der Waals surface area contributed by atoms with Crippen LogP contribution in [0.15, 0.2) is 0 Å². The summed E-state index contributed by atoms with van der Waals surface area (Å²) in [5.41, 5.74) is -0.167. The number of rotatable bonds is 4. The molecule has 1 N–H and O–H groups in total. The van der Waals surface area contributed by atoms with Crippen molar-refractivity contribution in [3.63, 3.8) is 0 Å². The van der Waals surface area contributed by atoms with Crippen LogP contribution in [0, 0.1) is 11.8 Å². The van der Waals surface area contributed by atoms with Gasteiger partial charge >= 0.3 is 6.09 Å². The van der Waals surface area contributed by atoms with E-state index < -0.39 is 0 Å². The van der Waals surface area contributed by atoms with E-state index in [0.29, 0.717) is 5.92 Å². The monoisotopic (exact) mass is 255 g/mol. The van der Waals surface area contributed by atoms with Gasteiger partial charge in [-0.15, -0.1) is 0 Å². The normalized spacial score (nSPS) is 26.5. The van der Waals surface area contributed by atoms with Crippen LogP contribution in [-0.2, 0) is 4.74 Å². The van der Waals surface area contributed by atoms with Crippen LogP contribution in [0.2, 0.25) is 0 Å². The van der Waals surface area contributed by atoms with Gasteiger partial charge in [-0.25, -0.2) is 4.79 Å². The minimum atomic E-state index is -0.271. The molecule has 1 rings (SSSR count). The van der Waals surface area contributed by atoms with Gasteiger partial charge in [0, 0.05) is 5.54 Å². The van der Waals surface area contributed by atoms with Gasteiger partial charge in [0.15, 0.2) is 0 Å². The van der Waals surface area contributed by atoms with Gasteiger partial charge in [0.1, 0.15) is 6.10 Å². The summed E-state index contributed by atoms with van der Waals surface area (Å²) in [6, 6.07) is 0. The SMILES string of the molecule is CCC(C)OC(=O)NC(C)(C)C1CCCC(C)C1. The third kappa shape index (κ3) is 4.51. The standard InChI is InChI=1S/C15H29NO2/c1-6-12(3)18-14(17)16-15(4,5)13-9-7-8-11(2)10-13/h11-13H,6-10H2,1-5H3,(H,16,17). The van der Waals surface area contributed by atoms with E-state index in [9.17, 15) is 4.79 Å². The highest BCUT2D eigenvalue weighted by Crippen LogP contribution is 2.35. The second-order valence-electron chi connectivity index (χ2n) is 6.44. The zero-order valence-corrected chi connectivity index (χ0v) is 12.6. The maximum atomic E-state index is 11.8. The molecule has 106 valence electrons. The van der Waals surface area contributed by atoms with Gasteiger partial charge in [0.2, 0.25) is 0 Å². The number of ether oxygens (including phenoxy) is 1. The maximum Gasteiger partial charge on any atom is 0.407 e. The Morgan fingerprint density at radius 1 is 1.44 bits per heavy atom. The van der Waals surface area contributed by atoms with Gasteiger partial charge < -0.3 is 10.1 Å². The van der Waals surface area contributed by atoms with E-state index in [0.717, 1.165) is 12.3 Å². The molecule has 3 heteroatoms. The van der Waals surface area contributed by atoms with Crippen LogP contribution in [0.25, 0.3) is 0 Å². The Labute approximate surface area is 112 Å². The highest BCUT2D eigenvalue weighted by atomic mass is 16.6. The fourth-order valence-corrected chi connectivity index (χ4v) is 2.75. The lowest BCUT2D eigenvalue weighted by Gasteiger charge is -2.39. The molecule has 3 unspecified atom stereocenters. The van der Waals surface area contributed by atoms with E-state index in [2.05, 4.69) is 26.1 Å². The molecule has 1 aliphatic carbocycles. The summed E-state index contributed by atoms with van der Waals surface area (Å²) in [4.78, 5) is 11.8. The molecular weight excluding hydrogens is 226 g/mol. The lowest BCUT2D eigenvalue weighted by Crippen LogP contribution is -2.50. The summed E-state index contributed by atoms with van der Waals surface area (Å²) in [7, 11) is 0. The first-order valence-corrected chi connectivity index (χ1v) is 7.34. The quantitative estimate of drug-likeness (QED) is 0.820. The predicted octanol–water partition coefficient (Wildman–Crippen LogP) is 4.12. The van der Waals surface area contributed by atoms with Crippen molar-refractivity contribution in [3.8, 4) is 0 Å². The van der Waals surface area contributed by atoms with Crippen molar-refractivity contribution in [1.29, 1.82) is 0 Å². The van der Waals surface area contributed by atoms with Crippen molar-refractivity contribution in [3.05, 3.63) is 0 Å². The van der Waals surface area contributed by atoms with E-state index in [4.69, 9.17) is 4.74 Å². The van der Waals surface area contributed by atoms with Crippen molar-refractivity contribution in [2.45, 2.75) is 78.4 Å². The zero-order chi connectivity index (χ0) is 13.8. The van der Waals surface area contributed by atoms with E-state index in [-0.39, 0.29) is 17.7 Å². The van der Waals surface area contributed by atoms with E-state index in [1.807, 2.05) is 13.8 Å². The summed E-state index contributed by atoms with van der Waals surface area (Å²) in [6.45, 7) is 10.5. The van der Waals surface area contributed by atoms with Crippen molar-refractivity contribution in [2.24, 2.45) is 11.8 Å². The Bertz CT molecular complexity index is 276. The number of amides is 1. The number of hydrogen-bond donors (Lipinski definition) is 1. The molecule has 0 heterocycles. The van der Waals surface area contributed by atoms with Crippen LogP contribution < -0.4 is 5.32 Å². The first-order chi connectivity index (χ1) is 8.35. The van der Waals surface area contributed by atoms with Crippen molar-refractivity contribution < 1.29 is 9.53 Å². The molecule has 0 radical (unpaired) electrons. The van der Waals surface area contributed by atoms with Crippen LogP contribution in [-0.4, -0.2) is 17.7 Å². The Kier molecular flexibility index (Phi) is 5.48. The summed E-state index contributed by atoms with van der Waals surface area (Å²) in [6.07, 6.45) is 5.59. The molecule has 1 amide bonds. The molecule has 0 saturated heterocycles. The summed E-state index contributed by atoms with van der Waals surface area (Å²) >= 11 is 0. The second kappa shape index (κ2) is 6.44. The van der Waals surface area contributed by atoms with Crippen LogP contribution in [0.1, 0.15) is 66.7 Å². The van der Waals surface area contributed by atoms with Crippen molar-refractivity contribution in [1.82, 2.24) is 5.32 Å². The van der Waals surface area contributed by atoms with Crippen LogP contribution in [0.5, 0.6) is 0 Å². The summed E-state index contributed by atoms with van der Waals surface area (Å²) in [5, 5.41) is 3.05. The molecule has 3 atom stereocenters. The Balaban J connectivity index is 2.49. The van der Waals surface area contributed by atoms with Crippen LogP contribution >= 0.6 is 0 Å². The van der Waals surface area contributed by atoms with Crippen LogP contribution in [0.4, 0.5) is 4.79 Å². The maximum absolute atomic E-state index is 11.8. The molecule has 0 aliphatic heterocycles. The molecule has 0 aromatic carbocycles. The predicted molar refractivity (Wildman–Crippen MR) is 74.6 cm³/mol. The summed E-state index contributed by atoms with van der Waals surface area (Å²) < 4.78 is 5.30. The Morgan fingerprint density at radius 2 is 2.11 bits per heavy atom. The van der Waals surface area contributed by atoms with E-state index >= 15 is 0 Å². The first kappa shape index (κ1) is 15.3. The number of nitrogens with one attached hydrogen (secondary N) is 1. The molecule has 1 fully saturated rings. The Morgan fingerprint density at radius 3 is 2.67 bits per heavy atom. The zero-order valence-electron chi connectivity index (χ0n) is 12.6. The fourth-order valence-electron chi connectivity index (χ4n) is 2.75. The molecule has 3 nitrogen and oxygen atoms in total. The third-order valence-electron chi connectivity index (χ3n) is 4.26. The van der Waals surface area contributed by atoms with Crippen molar-refractivity contribution >= 4 is 6.09 Å². The lowest BCUT2D eigenvalue weighted by atomic mass is 9.73. The molecule has 0 aromatic heterocycles. The highest BCUT2D eigenvalue weighted by molar-refractivity contribution is 5.68. The molecule has 0 spiro atoms. The van der Waals surface area contributed by atoms with Gasteiger partial charge in [-0.1, -0.05) is 26.7 Å². The number of carbonyl (C=O) groups is 1. The largest absolute Gasteiger partial charge is 0.447 e. The molecule has 1 aliphatic rings. The minimum Gasteiger partial charge on any atom is -0.447 e. The van der Waals surface area contributed by atoms with E-state index in [1.54, 1.807) is 0 Å². The van der Waals surface area contributed by atoms with Crippen molar-refractivity contribution in [2.75, 3.05) is 0 Å². The highest BCUT2D eigenvalue weighted by Gasteiger charge is 2.34. The number of hydrogen-bond acceptors (Lipinski definition) is 2. The van der Waals surface area contributed by atoms with E-state index in [1.165, 1.54) is 25.7 Å². The second-order valence-corrected chi connectivity index (χ2v) is 6.44. The van der Waals surface area contributed by atoms with Gasteiger partial charge in [-0.3, -0.25) is 0 Å². The minimum absolute atomic E-state index is 0.00826. The van der Waals surface area contributed by atoms with Gasteiger partial charge in [-0.2, -0.15) is 0 Å².